The number of aromatic nitrogens is 1. The van der Waals surface area contributed by atoms with Crippen molar-refractivity contribution in [2.24, 2.45) is 0 Å². The third kappa shape index (κ3) is 2.57. The van der Waals surface area contributed by atoms with E-state index in [0.29, 0.717) is 16.5 Å². The summed E-state index contributed by atoms with van der Waals surface area (Å²) < 4.78 is 5.75. The van der Waals surface area contributed by atoms with Crippen molar-refractivity contribution in [1.82, 2.24) is 4.98 Å². The van der Waals surface area contributed by atoms with Crippen molar-refractivity contribution < 1.29 is 14.6 Å². The standard InChI is InChI=1S/C19H12ClNO3/c20-14-6-7-15-18(10-14)24-19(21-15)12-3-1-11(2-4-12)13-5-8-16(22)17(23)9-13/h1-10,22-23H. The monoisotopic (exact) mass is 337 g/mol. The minimum atomic E-state index is -0.146. The van der Waals surface area contributed by atoms with Crippen LogP contribution in [0.5, 0.6) is 11.5 Å². The number of hydrogen-bond donors (Lipinski definition) is 2. The molecule has 0 spiro atoms. The fraction of sp³-hybridized carbons (Fsp3) is 0. The molecule has 1 aromatic heterocycles. The van der Waals surface area contributed by atoms with Gasteiger partial charge >= 0.3 is 0 Å². The highest BCUT2D eigenvalue weighted by Gasteiger charge is 2.09. The van der Waals surface area contributed by atoms with Crippen molar-refractivity contribution in [3.63, 3.8) is 0 Å². The fourth-order valence-corrected chi connectivity index (χ4v) is 2.69. The molecule has 24 heavy (non-hydrogen) atoms. The molecule has 0 saturated carbocycles. The van der Waals surface area contributed by atoms with Crippen LogP contribution in [-0.2, 0) is 0 Å². The largest absolute Gasteiger partial charge is 0.504 e. The average molecular weight is 338 g/mol. The molecule has 0 unspecified atom stereocenters. The van der Waals surface area contributed by atoms with Crippen LogP contribution >= 0.6 is 11.6 Å². The summed E-state index contributed by atoms with van der Waals surface area (Å²) in [7, 11) is 0. The van der Waals surface area contributed by atoms with Crippen LogP contribution in [0.2, 0.25) is 5.02 Å². The number of oxazole rings is 1. The summed E-state index contributed by atoms with van der Waals surface area (Å²) in [6.45, 7) is 0. The van der Waals surface area contributed by atoms with Gasteiger partial charge in [-0.15, -0.1) is 0 Å². The maximum absolute atomic E-state index is 9.61. The second-order valence-corrected chi connectivity index (χ2v) is 5.85. The first-order valence-corrected chi connectivity index (χ1v) is 7.67. The molecule has 5 heteroatoms. The van der Waals surface area contributed by atoms with Gasteiger partial charge < -0.3 is 14.6 Å². The van der Waals surface area contributed by atoms with E-state index in [1.807, 2.05) is 30.3 Å². The lowest BCUT2D eigenvalue weighted by Gasteiger charge is -2.04. The molecule has 0 aliphatic carbocycles. The first kappa shape index (κ1) is 14.6. The van der Waals surface area contributed by atoms with E-state index in [9.17, 15) is 10.2 Å². The van der Waals surface area contributed by atoms with Gasteiger partial charge in [0, 0.05) is 16.7 Å². The molecular formula is C19H12ClNO3. The molecule has 4 nitrogen and oxygen atoms in total. The predicted molar refractivity (Wildman–Crippen MR) is 93.2 cm³/mol. The Bertz CT molecular complexity index is 1040. The lowest BCUT2D eigenvalue weighted by atomic mass is 10.0. The Balaban J connectivity index is 1.70. The summed E-state index contributed by atoms with van der Waals surface area (Å²) in [6.07, 6.45) is 0. The Morgan fingerprint density at radius 2 is 1.46 bits per heavy atom. The molecule has 3 aromatic carbocycles. The van der Waals surface area contributed by atoms with Gasteiger partial charge in [-0.2, -0.15) is 0 Å². The quantitative estimate of drug-likeness (QED) is 0.492. The maximum Gasteiger partial charge on any atom is 0.227 e. The van der Waals surface area contributed by atoms with Gasteiger partial charge in [0.2, 0.25) is 5.89 Å². The number of phenolic OH excluding ortho intramolecular Hbond substituents is 2. The topological polar surface area (TPSA) is 66.5 Å². The number of hydrogen-bond acceptors (Lipinski definition) is 4. The van der Waals surface area contributed by atoms with Crippen LogP contribution in [0.3, 0.4) is 0 Å². The zero-order valence-corrected chi connectivity index (χ0v) is 13.2. The Labute approximate surface area is 142 Å². The minimum absolute atomic E-state index is 0.138. The molecular weight excluding hydrogens is 326 g/mol. The first-order valence-electron chi connectivity index (χ1n) is 7.29. The Morgan fingerprint density at radius 1 is 0.750 bits per heavy atom. The van der Waals surface area contributed by atoms with Gasteiger partial charge in [-0.1, -0.05) is 29.8 Å². The third-order valence-corrected chi connectivity index (χ3v) is 4.03. The van der Waals surface area contributed by atoms with Crippen molar-refractivity contribution >= 4 is 22.7 Å². The van der Waals surface area contributed by atoms with E-state index < -0.39 is 0 Å². The van der Waals surface area contributed by atoms with E-state index in [0.717, 1.165) is 22.2 Å². The number of benzene rings is 3. The van der Waals surface area contributed by atoms with Gasteiger partial charge in [-0.05, 0) is 47.5 Å². The van der Waals surface area contributed by atoms with Gasteiger partial charge in [0.1, 0.15) is 5.52 Å². The molecule has 0 radical (unpaired) electrons. The number of halogens is 1. The van der Waals surface area contributed by atoms with E-state index in [-0.39, 0.29) is 11.5 Å². The molecule has 0 bridgehead atoms. The molecule has 4 rings (SSSR count). The lowest BCUT2D eigenvalue weighted by molar-refractivity contribution is 0.404. The molecule has 2 N–H and O–H groups in total. The summed E-state index contributed by atoms with van der Waals surface area (Å²) >= 11 is 5.96. The second kappa shape index (κ2) is 5.58. The highest BCUT2D eigenvalue weighted by Crippen LogP contribution is 2.32. The van der Waals surface area contributed by atoms with E-state index in [4.69, 9.17) is 16.0 Å². The van der Waals surface area contributed by atoms with E-state index >= 15 is 0 Å². The van der Waals surface area contributed by atoms with Crippen molar-refractivity contribution in [2.45, 2.75) is 0 Å². The van der Waals surface area contributed by atoms with Crippen molar-refractivity contribution in [2.75, 3.05) is 0 Å². The molecule has 0 amide bonds. The van der Waals surface area contributed by atoms with Gasteiger partial charge in [-0.3, -0.25) is 0 Å². The number of rotatable bonds is 2. The molecule has 0 atom stereocenters. The van der Waals surface area contributed by atoms with Crippen LogP contribution in [0.15, 0.2) is 65.1 Å². The van der Waals surface area contributed by atoms with Gasteiger partial charge in [0.25, 0.3) is 0 Å². The number of nitrogens with zero attached hydrogens (tertiary/aromatic N) is 1. The number of aromatic hydroxyl groups is 2. The molecule has 118 valence electrons. The molecule has 0 aliphatic rings. The zero-order valence-electron chi connectivity index (χ0n) is 12.4. The summed E-state index contributed by atoms with van der Waals surface area (Å²) in [6, 6.07) is 17.7. The summed E-state index contributed by atoms with van der Waals surface area (Å²) in [5.41, 5.74) is 3.95. The fourth-order valence-electron chi connectivity index (χ4n) is 2.53. The zero-order chi connectivity index (χ0) is 16.7. The van der Waals surface area contributed by atoms with Gasteiger partial charge in [-0.25, -0.2) is 4.98 Å². The smallest absolute Gasteiger partial charge is 0.227 e. The third-order valence-electron chi connectivity index (χ3n) is 3.79. The van der Waals surface area contributed by atoms with Crippen LogP contribution in [0.25, 0.3) is 33.7 Å². The van der Waals surface area contributed by atoms with Crippen LogP contribution < -0.4 is 0 Å². The molecule has 0 fully saturated rings. The van der Waals surface area contributed by atoms with Crippen molar-refractivity contribution in [1.29, 1.82) is 0 Å². The van der Waals surface area contributed by atoms with Crippen LogP contribution in [0, 0.1) is 0 Å². The highest BCUT2D eigenvalue weighted by molar-refractivity contribution is 6.31. The molecule has 4 aromatic rings. The number of phenols is 2. The number of fused-ring (bicyclic) bond motifs is 1. The average Bonchev–Trinajstić information content (AvgIpc) is 3.00. The predicted octanol–water partition coefficient (Wildman–Crippen LogP) is 5.23. The molecule has 0 aliphatic heterocycles. The summed E-state index contributed by atoms with van der Waals surface area (Å²) in [5, 5.41) is 19.6. The van der Waals surface area contributed by atoms with Crippen molar-refractivity contribution in [3.05, 3.63) is 65.7 Å². The molecule has 1 heterocycles. The maximum atomic E-state index is 9.61. The van der Waals surface area contributed by atoms with Gasteiger partial charge in [0.05, 0.1) is 0 Å². The highest BCUT2D eigenvalue weighted by atomic mass is 35.5. The molecule has 0 saturated heterocycles. The Morgan fingerprint density at radius 3 is 2.21 bits per heavy atom. The first-order chi connectivity index (χ1) is 11.6. The van der Waals surface area contributed by atoms with Crippen LogP contribution in [-0.4, -0.2) is 15.2 Å². The SMILES string of the molecule is Oc1ccc(-c2ccc(-c3nc4ccc(Cl)cc4o3)cc2)cc1O. The summed E-state index contributed by atoms with van der Waals surface area (Å²) in [5.74, 6) is 0.236. The Kier molecular flexibility index (Phi) is 3.40. The van der Waals surface area contributed by atoms with Crippen LogP contribution in [0.1, 0.15) is 0 Å². The van der Waals surface area contributed by atoms with E-state index in [1.165, 1.54) is 12.1 Å². The summed E-state index contributed by atoms with van der Waals surface area (Å²) in [4.78, 5) is 4.45. The normalized spacial score (nSPS) is 11.0. The van der Waals surface area contributed by atoms with Crippen LogP contribution in [0.4, 0.5) is 0 Å². The lowest BCUT2D eigenvalue weighted by Crippen LogP contribution is -1.81. The van der Waals surface area contributed by atoms with Gasteiger partial charge in [0.15, 0.2) is 17.1 Å². The minimum Gasteiger partial charge on any atom is -0.504 e. The second-order valence-electron chi connectivity index (χ2n) is 5.41. The van der Waals surface area contributed by atoms with E-state index in [1.54, 1.807) is 18.2 Å². The van der Waals surface area contributed by atoms with Crippen molar-refractivity contribution in [3.8, 4) is 34.1 Å². The Hall–Kier alpha value is -2.98. The van der Waals surface area contributed by atoms with E-state index in [2.05, 4.69) is 4.98 Å².